The summed E-state index contributed by atoms with van der Waals surface area (Å²) in [5, 5.41) is 0.803. The molecular formula is C25H20Cl2O4. The van der Waals surface area contributed by atoms with Crippen LogP contribution >= 0.6 is 23.2 Å². The average molecular weight is 455 g/mol. The molecule has 3 rings (SSSR count). The standard InChI is InChI=1S/C25H20Cl2O4/c1-17(31-24-14-12-21(26)15-22(24)27)25(29)30-16-19-9-7-18(8-10-19)11-13-23(28)20-5-3-2-4-6-20/h2-15,17H,16H2,1H3. The lowest BCUT2D eigenvalue weighted by atomic mass is 10.1. The highest BCUT2D eigenvalue weighted by atomic mass is 35.5. The van der Waals surface area contributed by atoms with Gasteiger partial charge in [-0.15, -0.1) is 0 Å². The fourth-order valence-electron chi connectivity index (χ4n) is 2.68. The molecule has 4 nitrogen and oxygen atoms in total. The van der Waals surface area contributed by atoms with Crippen LogP contribution in [0.1, 0.15) is 28.4 Å². The second-order valence-electron chi connectivity index (χ2n) is 6.75. The molecule has 0 aromatic heterocycles. The zero-order chi connectivity index (χ0) is 22.2. The zero-order valence-electron chi connectivity index (χ0n) is 16.8. The highest BCUT2D eigenvalue weighted by Gasteiger charge is 2.18. The summed E-state index contributed by atoms with van der Waals surface area (Å²) >= 11 is 11.9. The molecule has 0 N–H and O–H groups in total. The van der Waals surface area contributed by atoms with Crippen LogP contribution in [-0.2, 0) is 16.1 Å². The van der Waals surface area contributed by atoms with Crippen molar-refractivity contribution in [2.24, 2.45) is 0 Å². The van der Waals surface area contributed by atoms with Crippen molar-refractivity contribution < 1.29 is 19.1 Å². The normalized spacial score (nSPS) is 11.8. The third kappa shape index (κ3) is 6.71. The van der Waals surface area contributed by atoms with Crippen LogP contribution in [-0.4, -0.2) is 17.9 Å². The van der Waals surface area contributed by atoms with Gasteiger partial charge in [0.1, 0.15) is 12.4 Å². The number of carbonyl (C=O) groups excluding carboxylic acids is 2. The monoisotopic (exact) mass is 454 g/mol. The van der Waals surface area contributed by atoms with Crippen molar-refractivity contribution in [2.75, 3.05) is 0 Å². The van der Waals surface area contributed by atoms with E-state index in [9.17, 15) is 9.59 Å². The van der Waals surface area contributed by atoms with Crippen molar-refractivity contribution in [3.63, 3.8) is 0 Å². The van der Waals surface area contributed by atoms with Crippen LogP contribution in [0.4, 0.5) is 0 Å². The minimum absolute atomic E-state index is 0.0617. The van der Waals surface area contributed by atoms with Gasteiger partial charge in [-0.3, -0.25) is 4.79 Å². The van der Waals surface area contributed by atoms with Gasteiger partial charge in [-0.05, 0) is 42.3 Å². The van der Waals surface area contributed by atoms with Gasteiger partial charge in [0.05, 0.1) is 5.02 Å². The van der Waals surface area contributed by atoms with Gasteiger partial charge in [-0.2, -0.15) is 0 Å². The summed E-state index contributed by atoms with van der Waals surface area (Å²) in [6.07, 6.45) is 2.45. The number of benzene rings is 3. The van der Waals surface area contributed by atoms with Gasteiger partial charge in [0.15, 0.2) is 11.9 Å². The largest absolute Gasteiger partial charge is 0.477 e. The van der Waals surface area contributed by atoms with Gasteiger partial charge in [-0.1, -0.05) is 83.9 Å². The van der Waals surface area contributed by atoms with Crippen molar-refractivity contribution in [1.82, 2.24) is 0 Å². The maximum Gasteiger partial charge on any atom is 0.347 e. The average Bonchev–Trinajstić information content (AvgIpc) is 2.79. The van der Waals surface area contributed by atoms with E-state index in [2.05, 4.69) is 0 Å². The van der Waals surface area contributed by atoms with E-state index in [1.54, 1.807) is 43.3 Å². The summed E-state index contributed by atoms with van der Waals surface area (Å²) in [5.74, 6) is -0.214. The highest BCUT2D eigenvalue weighted by molar-refractivity contribution is 6.35. The molecule has 0 fully saturated rings. The lowest BCUT2D eigenvalue weighted by Gasteiger charge is -2.15. The fourth-order valence-corrected chi connectivity index (χ4v) is 3.13. The number of carbonyl (C=O) groups is 2. The Morgan fingerprint density at radius 2 is 1.68 bits per heavy atom. The van der Waals surface area contributed by atoms with Crippen LogP contribution in [0.2, 0.25) is 10.0 Å². The van der Waals surface area contributed by atoms with Gasteiger partial charge < -0.3 is 9.47 Å². The molecule has 0 spiro atoms. The van der Waals surface area contributed by atoms with Gasteiger partial charge >= 0.3 is 5.97 Å². The van der Waals surface area contributed by atoms with E-state index in [1.807, 2.05) is 42.5 Å². The van der Waals surface area contributed by atoms with Crippen LogP contribution in [0.3, 0.4) is 0 Å². The molecule has 0 aliphatic rings. The third-order valence-corrected chi connectivity index (χ3v) is 4.91. The summed E-state index contributed by atoms with van der Waals surface area (Å²) in [5.41, 5.74) is 2.32. The summed E-state index contributed by atoms with van der Waals surface area (Å²) in [4.78, 5) is 24.3. The van der Waals surface area contributed by atoms with Gasteiger partial charge in [-0.25, -0.2) is 4.79 Å². The molecule has 3 aromatic carbocycles. The first kappa shape index (κ1) is 22.6. The molecule has 0 amide bonds. The number of halogens is 2. The minimum Gasteiger partial charge on any atom is -0.477 e. The van der Waals surface area contributed by atoms with Crippen molar-refractivity contribution in [3.8, 4) is 5.75 Å². The Bertz CT molecular complexity index is 1080. The molecule has 1 unspecified atom stereocenters. The van der Waals surface area contributed by atoms with Crippen LogP contribution in [0.25, 0.3) is 6.08 Å². The maximum atomic E-state index is 12.2. The smallest absolute Gasteiger partial charge is 0.347 e. The first-order valence-corrected chi connectivity index (χ1v) is 10.3. The fraction of sp³-hybridized carbons (Fsp3) is 0.120. The highest BCUT2D eigenvalue weighted by Crippen LogP contribution is 2.28. The van der Waals surface area contributed by atoms with Crippen LogP contribution < -0.4 is 4.74 Å². The lowest BCUT2D eigenvalue weighted by molar-refractivity contribution is -0.152. The second kappa shape index (κ2) is 10.8. The van der Waals surface area contributed by atoms with E-state index in [-0.39, 0.29) is 12.4 Å². The predicted octanol–water partition coefficient (Wildman–Crippen LogP) is 6.40. The number of ether oxygens (including phenoxy) is 2. The van der Waals surface area contributed by atoms with Crippen molar-refractivity contribution >= 4 is 41.0 Å². The van der Waals surface area contributed by atoms with Crippen molar-refractivity contribution in [2.45, 2.75) is 19.6 Å². The Labute approximate surface area is 191 Å². The van der Waals surface area contributed by atoms with Crippen molar-refractivity contribution in [1.29, 1.82) is 0 Å². The number of ketones is 1. The second-order valence-corrected chi connectivity index (χ2v) is 7.59. The topological polar surface area (TPSA) is 52.6 Å². The Balaban J connectivity index is 1.51. The molecule has 0 aliphatic heterocycles. The Morgan fingerprint density at radius 1 is 0.968 bits per heavy atom. The molecule has 31 heavy (non-hydrogen) atoms. The van der Waals surface area contributed by atoms with Gasteiger partial charge in [0, 0.05) is 10.6 Å². The van der Waals surface area contributed by atoms with E-state index < -0.39 is 12.1 Å². The third-order valence-electron chi connectivity index (χ3n) is 4.38. The molecule has 0 bridgehead atoms. The molecule has 0 saturated carbocycles. The van der Waals surface area contributed by atoms with E-state index >= 15 is 0 Å². The molecule has 158 valence electrons. The van der Waals surface area contributed by atoms with E-state index in [0.717, 1.165) is 11.1 Å². The molecule has 0 aliphatic carbocycles. The van der Waals surface area contributed by atoms with E-state index in [1.165, 1.54) is 6.08 Å². The van der Waals surface area contributed by atoms with Crippen molar-refractivity contribution in [3.05, 3.63) is 106 Å². The molecule has 0 radical (unpaired) electrons. The summed E-state index contributed by atoms with van der Waals surface area (Å²) in [7, 11) is 0. The molecule has 6 heteroatoms. The minimum atomic E-state index is -0.829. The number of allylic oxidation sites excluding steroid dienone is 1. The first-order valence-electron chi connectivity index (χ1n) is 9.57. The molecular weight excluding hydrogens is 435 g/mol. The Hall–Kier alpha value is -3.08. The van der Waals surface area contributed by atoms with Gasteiger partial charge in [0.25, 0.3) is 0 Å². The summed E-state index contributed by atoms with van der Waals surface area (Å²) < 4.78 is 10.9. The Kier molecular flexibility index (Phi) is 7.88. The van der Waals surface area contributed by atoms with E-state index in [0.29, 0.717) is 21.4 Å². The Morgan fingerprint density at radius 3 is 2.35 bits per heavy atom. The number of esters is 1. The SMILES string of the molecule is CC(Oc1ccc(Cl)cc1Cl)C(=O)OCc1ccc(C=CC(=O)c2ccccc2)cc1. The maximum absolute atomic E-state index is 12.2. The van der Waals surface area contributed by atoms with Crippen LogP contribution in [0, 0.1) is 0 Å². The molecule has 0 heterocycles. The lowest BCUT2D eigenvalue weighted by Crippen LogP contribution is -2.26. The first-order chi connectivity index (χ1) is 14.9. The zero-order valence-corrected chi connectivity index (χ0v) is 18.3. The van der Waals surface area contributed by atoms with Crippen LogP contribution in [0.5, 0.6) is 5.75 Å². The van der Waals surface area contributed by atoms with Crippen LogP contribution in [0.15, 0.2) is 78.9 Å². The van der Waals surface area contributed by atoms with E-state index in [4.69, 9.17) is 32.7 Å². The number of hydrogen-bond acceptors (Lipinski definition) is 4. The number of hydrogen-bond donors (Lipinski definition) is 0. The quantitative estimate of drug-likeness (QED) is 0.224. The molecule has 3 aromatic rings. The molecule has 0 saturated heterocycles. The summed E-state index contributed by atoms with van der Waals surface area (Å²) in [6, 6.07) is 21.2. The van der Waals surface area contributed by atoms with Gasteiger partial charge in [0.2, 0.25) is 0 Å². The summed E-state index contributed by atoms with van der Waals surface area (Å²) in [6.45, 7) is 1.69. The number of rotatable bonds is 8. The predicted molar refractivity (Wildman–Crippen MR) is 123 cm³/mol. The molecule has 1 atom stereocenters.